The van der Waals surface area contributed by atoms with E-state index in [1.165, 1.54) is 4.90 Å². The predicted octanol–water partition coefficient (Wildman–Crippen LogP) is 2.94. The second kappa shape index (κ2) is 11.2. The van der Waals surface area contributed by atoms with Crippen molar-refractivity contribution < 1.29 is 24.2 Å². The SMILES string of the molecule is CN(CCO)C(=O)CCOC1CCC(N(C)C(=O)Oc2ccc(Cl)cc2)CC1. The molecule has 28 heavy (non-hydrogen) atoms. The lowest BCUT2D eigenvalue weighted by Crippen LogP contribution is -2.42. The Hall–Kier alpha value is -1.83. The van der Waals surface area contributed by atoms with Crippen LogP contribution in [-0.2, 0) is 9.53 Å². The van der Waals surface area contributed by atoms with E-state index in [9.17, 15) is 9.59 Å². The molecule has 1 aliphatic rings. The molecule has 156 valence electrons. The molecule has 1 aromatic rings. The largest absolute Gasteiger partial charge is 0.415 e. The highest BCUT2D eigenvalue weighted by Crippen LogP contribution is 2.25. The molecular formula is C20H29ClN2O5. The van der Waals surface area contributed by atoms with Crippen LogP contribution >= 0.6 is 11.6 Å². The Balaban J connectivity index is 1.68. The smallest absolute Gasteiger partial charge is 0.410 e. The fourth-order valence-corrected chi connectivity index (χ4v) is 3.33. The van der Waals surface area contributed by atoms with Crippen LogP contribution in [0.2, 0.25) is 5.02 Å². The summed E-state index contributed by atoms with van der Waals surface area (Å²) < 4.78 is 11.2. The van der Waals surface area contributed by atoms with Crippen LogP contribution in [0.15, 0.2) is 24.3 Å². The summed E-state index contributed by atoms with van der Waals surface area (Å²) in [6.07, 6.45) is 3.36. The Morgan fingerprint density at radius 3 is 2.39 bits per heavy atom. The van der Waals surface area contributed by atoms with Crippen molar-refractivity contribution >= 4 is 23.6 Å². The number of hydrogen-bond donors (Lipinski definition) is 1. The molecule has 1 fully saturated rings. The molecule has 0 aliphatic heterocycles. The van der Waals surface area contributed by atoms with E-state index in [2.05, 4.69) is 0 Å². The van der Waals surface area contributed by atoms with Crippen LogP contribution in [0.1, 0.15) is 32.1 Å². The molecule has 0 saturated heterocycles. The molecule has 2 amide bonds. The maximum Gasteiger partial charge on any atom is 0.415 e. The summed E-state index contributed by atoms with van der Waals surface area (Å²) in [6.45, 7) is 0.669. The topological polar surface area (TPSA) is 79.3 Å². The summed E-state index contributed by atoms with van der Waals surface area (Å²) in [6, 6.07) is 6.80. The van der Waals surface area contributed by atoms with Gasteiger partial charge in [0.2, 0.25) is 5.91 Å². The minimum atomic E-state index is -0.385. The van der Waals surface area contributed by atoms with Crippen molar-refractivity contribution in [1.82, 2.24) is 9.80 Å². The van der Waals surface area contributed by atoms with E-state index in [0.29, 0.717) is 30.3 Å². The maximum atomic E-state index is 12.3. The molecule has 0 spiro atoms. The first-order valence-electron chi connectivity index (χ1n) is 9.57. The van der Waals surface area contributed by atoms with Gasteiger partial charge in [-0.25, -0.2) is 4.79 Å². The van der Waals surface area contributed by atoms with Gasteiger partial charge < -0.3 is 24.4 Å². The quantitative estimate of drug-likeness (QED) is 0.710. The number of hydrogen-bond acceptors (Lipinski definition) is 5. The second-order valence-electron chi connectivity index (χ2n) is 7.02. The van der Waals surface area contributed by atoms with E-state index in [1.54, 1.807) is 43.3 Å². The van der Waals surface area contributed by atoms with Crippen LogP contribution < -0.4 is 4.74 Å². The van der Waals surface area contributed by atoms with Crippen molar-refractivity contribution in [2.75, 3.05) is 33.9 Å². The molecule has 1 aromatic carbocycles. The first-order valence-corrected chi connectivity index (χ1v) is 9.95. The molecule has 0 heterocycles. The van der Waals surface area contributed by atoms with Crippen molar-refractivity contribution in [3.8, 4) is 5.75 Å². The Kier molecular flexibility index (Phi) is 9.02. The summed E-state index contributed by atoms with van der Waals surface area (Å²) in [5, 5.41) is 9.44. The van der Waals surface area contributed by atoms with Crippen LogP contribution in [0.4, 0.5) is 4.79 Å². The number of rotatable bonds is 8. The molecule has 1 N–H and O–H groups in total. The van der Waals surface area contributed by atoms with E-state index in [4.69, 9.17) is 26.2 Å². The van der Waals surface area contributed by atoms with E-state index in [0.717, 1.165) is 25.7 Å². The molecule has 1 aliphatic carbocycles. The van der Waals surface area contributed by atoms with Gasteiger partial charge in [0.15, 0.2) is 0 Å². The van der Waals surface area contributed by atoms with Crippen LogP contribution in [0, 0.1) is 0 Å². The van der Waals surface area contributed by atoms with Crippen molar-refractivity contribution in [3.63, 3.8) is 0 Å². The van der Waals surface area contributed by atoms with Crippen molar-refractivity contribution in [2.24, 2.45) is 0 Å². The number of aliphatic hydroxyl groups is 1. The van der Waals surface area contributed by atoms with Gasteiger partial charge in [0, 0.05) is 31.7 Å². The average Bonchev–Trinajstić information content (AvgIpc) is 2.69. The van der Waals surface area contributed by atoms with E-state index in [-0.39, 0.29) is 30.8 Å². The zero-order chi connectivity index (χ0) is 20.5. The summed E-state index contributed by atoms with van der Waals surface area (Å²) >= 11 is 5.84. The average molecular weight is 413 g/mol. The Labute approximate surface area is 171 Å². The third-order valence-corrected chi connectivity index (χ3v) is 5.28. The van der Waals surface area contributed by atoms with Gasteiger partial charge in [0.05, 0.1) is 25.7 Å². The highest BCUT2D eigenvalue weighted by Gasteiger charge is 2.28. The fraction of sp³-hybridized carbons (Fsp3) is 0.600. The highest BCUT2D eigenvalue weighted by molar-refractivity contribution is 6.30. The lowest BCUT2D eigenvalue weighted by molar-refractivity contribution is -0.132. The summed E-state index contributed by atoms with van der Waals surface area (Å²) in [5.41, 5.74) is 0. The van der Waals surface area contributed by atoms with Crippen molar-refractivity contribution in [2.45, 2.75) is 44.2 Å². The molecule has 0 atom stereocenters. The second-order valence-corrected chi connectivity index (χ2v) is 7.46. The Morgan fingerprint density at radius 2 is 1.79 bits per heavy atom. The number of carbonyl (C=O) groups excluding carboxylic acids is 2. The zero-order valence-corrected chi connectivity index (χ0v) is 17.2. The highest BCUT2D eigenvalue weighted by atomic mass is 35.5. The van der Waals surface area contributed by atoms with Gasteiger partial charge >= 0.3 is 6.09 Å². The monoisotopic (exact) mass is 412 g/mol. The molecule has 0 bridgehead atoms. The Morgan fingerprint density at radius 1 is 1.14 bits per heavy atom. The van der Waals surface area contributed by atoms with Gasteiger partial charge in [0.1, 0.15) is 5.75 Å². The third kappa shape index (κ3) is 6.96. The minimum absolute atomic E-state index is 0.0348. The lowest BCUT2D eigenvalue weighted by Gasteiger charge is -2.34. The molecule has 1 saturated carbocycles. The summed E-state index contributed by atoms with van der Waals surface area (Å²) in [7, 11) is 3.42. The maximum absolute atomic E-state index is 12.3. The number of benzene rings is 1. The van der Waals surface area contributed by atoms with Crippen molar-refractivity contribution in [3.05, 3.63) is 29.3 Å². The first-order chi connectivity index (χ1) is 13.4. The predicted molar refractivity (Wildman–Crippen MR) is 107 cm³/mol. The Bertz CT molecular complexity index is 632. The fourth-order valence-electron chi connectivity index (χ4n) is 3.20. The number of halogens is 1. The normalized spacial score (nSPS) is 19.1. The van der Waals surface area contributed by atoms with Gasteiger partial charge in [-0.05, 0) is 49.9 Å². The lowest BCUT2D eigenvalue weighted by atomic mass is 9.92. The van der Waals surface area contributed by atoms with Crippen LogP contribution in [-0.4, -0.2) is 72.9 Å². The van der Waals surface area contributed by atoms with E-state index >= 15 is 0 Å². The standard InChI is InChI=1S/C20H29ClN2O5/c1-22(12-13-24)19(25)11-14-27-17-9-5-16(6-10-17)23(2)20(26)28-18-7-3-15(21)4-8-18/h3-4,7-8,16-17,24H,5-6,9-14H2,1-2H3. The summed E-state index contributed by atoms with van der Waals surface area (Å²) in [4.78, 5) is 27.3. The molecular weight excluding hydrogens is 384 g/mol. The molecule has 0 unspecified atom stereocenters. The van der Waals surface area contributed by atoms with E-state index in [1.807, 2.05) is 0 Å². The number of aliphatic hydroxyl groups excluding tert-OH is 1. The van der Waals surface area contributed by atoms with E-state index < -0.39 is 0 Å². The molecule has 0 radical (unpaired) electrons. The zero-order valence-electron chi connectivity index (χ0n) is 16.5. The van der Waals surface area contributed by atoms with Crippen LogP contribution in [0.3, 0.4) is 0 Å². The van der Waals surface area contributed by atoms with Crippen LogP contribution in [0.5, 0.6) is 5.75 Å². The van der Waals surface area contributed by atoms with Gasteiger partial charge in [-0.2, -0.15) is 0 Å². The molecule has 0 aromatic heterocycles. The van der Waals surface area contributed by atoms with Crippen molar-refractivity contribution in [1.29, 1.82) is 0 Å². The molecule has 8 heteroatoms. The van der Waals surface area contributed by atoms with Gasteiger partial charge in [-0.1, -0.05) is 11.6 Å². The molecule has 7 nitrogen and oxygen atoms in total. The van der Waals surface area contributed by atoms with Gasteiger partial charge in [-0.3, -0.25) is 4.79 Å². The minimum Gasteiger partial charge on any atom is -0.410 e. The molecule has 2 rings (SSSR count). The van der Waals surface area contributed by atoms with Gasteiger partial charge in [-0.15, -0.1) is 0 Å². The van der Waals surface area contributed by atoms with Gasteiger partial charge in [0.25, 0.3) is 0 Å². The first kappa shape index (κ1) is 22.5. The number of ether oxygens (including phenoxy) is 2. The number of likely N-dealkylation sites (N-methyl/N-ethyl adjacent to an activating group) is 1. The number of nitrogens with zero attached hydrogens (tertiary/aromatic N) is 2. The van der Waals surface area contributed by atoms with Crippen LogP contribution in [0.25, 0.3) is 0 Å². The third-order valence-electron chi connectivity index (χ3n) is 5.03. The number of amides is 2. The summed E-state index contributed by atoms with van der Waals surface area (Å²) in [5.74, 6) is 0.432. The number of carbonyl (C=O) groups is 2.